The number of hydrogen-bond donors (Lipinski definition) is 0. The predicted molar refractivity (Wildman–Crippen MR) is 197 cm³/mol. The second kappa shape index (κ2) is 13.5. The van der Waals surface area contributed by atoms with Crippen LogP contribution in [-0.4, -0.2) is 8.07 Å². The molecule has 0 bridgehead atoms. The van der Waals surface area contributed by atoms with Gasteiger partial charge in [-0.1, -0.05) is 147 Å². The van der Waals surface area contributed by atoms with Crippen LogP contribution in [0.4, 0.5) is 0 Å². The van der Waals surface area contributed by atoms with Gasteiger partial charge in [0.05, 0.1) is 0 Å². The Morgan fingerprint density at radius 1 is 0.478 bits per heavy atom. The molecule has 0 N–H and O–H groups in total. The van der Waals surface area contributed by atoms with Crippen LogP contribution in [0, 0.1) is 61.2 Å². The van der Waals surface area contributed by atoms with Gasteiger partial charge in [0.25, 0.3) is 0 Å². The molecule has 4 aromatic rings. The Morgan fingerprint density at radius 2 is 0.848 bits per heavy atom. The molecule has 8 rings (SSSR count). The Labute approximate surface area is 295 Å². The Hall–Kier alpha value is -1.96. The number of halogens is 2. The van der Waals surface area contributed by atoms with Gasteiger partial charge in [-0.15, -0.1) is 0 Å². The topological polar surface area (TPSA) is 0 Å². The van der Waals surface area contributed by atoms with Crippen molar-refractivity contribution in [2.45, 2.75) is 26.9 Å². The molecule has 0 heterocycles. The van der Waals surface area contributed by atoms with Crippen molar-refractivity contribution < 1.29 is 20.8 Å². The fourth-order valence-electron chi connectivity index (χ4n) is 7.51. The fourth-order valence-corrected chi connectivity index (χ4v) is 10.6. The third-order valence-electron chi connectivity index (χ3n) is 9.57. The van der Waals surface area contributed by atoms with E-state index in [9.17, 15) is 0 Å². The average Bonchev–Trinajstić information content (AvgIpc) is 3.65. The zero-order valence-corrected chi connectivity index (χ0v) is 31.4. The van der Waals surface area contributed by atoms with Gasteiger partial charge >= 0.3 is 37.9 Å². The molecule has 0 spiro atoms. The molecule has 0 atom stereocenters. The molecule has 46 heavy (non-hydrogen) atoms. The maximum atomic E-state index is 4.93. The van der Waals surface area contributed by atoms with Crippen LogP contribution in [0.1, 0.15) is 25.0 Å². The molecule has 10 radical (unpaired) electrons. The van der Waals surface area contributed by atoms with Gasteiger partial charge in [-0.3, -0.25) is 0 Å². The van der Waals surface area contributed by atoms with E-state index in [2.05, 4.69) is 162 Å². The summed E-state index contributed by atoms with van der Waals surface area (Å²) in [5.41, 5.74) is 5.28. The summed E-state index contributed by atoms with van der Waals surface area (Å²) >= 11 is -0.826. The fraction of sp³-hybridized carbons (Fsp3) is 0.0952. The summed E-state index contributed by atoms with van der Waals surface area (Å²) in [6.07, 6.45) is 19.3. The van der Waals surface area contributed by atoms with Crippen LogP contribution in [0.5, 0.6) is 0 Å². The molecule has 0 aliphatic heterocycles. The van der Waals surface area contributed by atoms with Crippen molar-refractivity contribution in [1.29, 1.82) is 0 Å². The number of allylic oxidation sites excluding steroid dienone is 8. The molecule has 2 saturated carbocycles. The van der Waals surface area contributed by atoms with Gasteiger partial charge in [0.1, 0.15) is 8.07 Å². The van der Waals surface area contributed by atoms with Gasteiger partial charge in [-0.05, 0) is 81.3 Å². The first-order valence-electron chi connectivity index (χ1n) is 15.7. The normalized spacial score (nSPS) is 20.0. The zero-order valence-electron chi connectivity index (χ0n) is 26.5. The van der Waals surface area contributed by atoms with Gasteiger partial charge in [-0.25, -0.2) is 0 Å². The summed E-state index contributed by atoms with van der Waals surface area (Å²) in [6.45, 7) is 9.55. The van der Waals surface area contributed by atoms with Crippen molar-refractivity contribution in [3.05, 3.63) is 192 Å². The molecule has 4 aliphatic rings. The van der Waals surface area contributed by atoms with E-state index in [1.165, 1.54) is 89.7 Å². The van der Waals surface area contributed by atoms with E-state index in [-0.39, 0.29) is 0 Å². The molecular weight excluding hydrogens is 695 g/mol. The molecule has 0 aromatic heterocycles. The molecule has 0 amide bonds. The maximum absolute atomic E-state index is 4.93. The summed E-state index contributed by atoms with van der Waals surface area (Å²) < 4.78 is 0. The average molecular weight is 729 g/mol. The Morgan fingerprint density at radius 3 is 1.28 bits per heavy atom. The summed E-state index contributed by atoms with van der Waals surface area (Å²) in [4.78, 5) is 0. The van der Waals surface area contributed by atoms with E-state index in [4.69, 9.17) is 17.0 Å². The van der Waals surface area contributed by atoms with Crippen molar-refractivity contribution >= 4 is 57.8 Å². The monoisotopic (exact) mass is 726 g/mol. The van der Waals surface area contributed by atoms with Crippen LogP contribution in [0.2, 0.25) is 13.1 Å². The van der Waals surface area contributed by atoms with Crippen molar-refractivity contribution in [1.82, 2.24) is 0 Å². The van der Waals surface area contributed by atoms with Gasteiger partial charge in [-0.2, -0.15) is 0 Å². The van der Waals surface area contributed by atoms with Crippen molar-refractivity contribution in [2.24, 2.45) is 0 Å². The van der Waals surface area contributed by atoms with Gasteiger partial charge in [0.15, 0.2) is 0 Å². The third kappa shape index (κ3) is 5.85. The zero-order chi connectivity index (χ0) is 32.0. The quantitative estimate of drug-likeness (QED) is 0.184. The van der Waals surface area contributed by atoms with Gasteiger partial charge in [0.2, 0.25) is 0 Å². The molecule has 0 saturated heterocycles. The van der Waals surface area contributed by atoms with E-state index in [0.717, 1.165) is 0 Å². The molecule has 222 valence electrons. The molecule has 0 nitrogen and oxygen atoms in total. The second-order valence-corrected chi connectivity index (χ2v) is 20.9. The molecule has 4 heteroatoms. The van der Waals surface area contributed by atoms with Crippen LogP contribution in [0.15, 0.2) is 120 Å². The minimum absolute atomic E-state index is 0.826. The molecule has 2 fully saturated rings. The van der Waals surface area contributed by atoms with E-state index < -0.39 is 28.9 Å². The van der Waals surface area contributed by atoms with E-state index in [1.807, 2.05) is 0 Å². The van der Waals surface area contributed by atoms with Crippen molar-refractivity contribution in [3.8, 4) is 0 Å². The van der Waals surface area contributed by atoms with Gasteiger partial charge < -0.3 is 0 Å². The first-order chi connectivity index (χ1) is 22.3. The number of rotatable bonds is 4. The van der Waals surface area contributed by atoms with Crippen LogP contribution in [0.3, 0.4) is 0 Å². The number of benzene rings is 4. The Kier molecular flexibility index (Phi) is 9.57. The Balaban J connectivity index is 0.00000109. The summed E-state index contributed by atoms with van der Waals surface area (Å²) in [6, 6.07) is 30.9. The number of hydrogen-bond acceptors (Lipinski definition) is 0. The number of fused-ring (bicyclic) bond motifs is 4. The van der Waals surface area contributed by atoms with Crippen LogP contribution < -0.4 is 0 Å². The molecule has 4 aromatic carbocycles. The van der Waals surface area contributed by atoms with Crippen LogP contribution in [-0.2, 0) is 20.8 Å². The standard InChI is InChI=1S/C42H34Si.2ClH.Zr/c1-27-23-37-35(33-17-9-13-29-11-5-7-15-31(29)33)19-21-41(39(37)25-27)43(3,4)42-22-20-36(38-24-28(2)26-40(38)42)34-18-10-14-30-12-6-8-16-32(30)34;;;/h5-26H,1-4H3;2*1H;/q;;;+4/p-2. The summed E-state index contributed by atoms with van der Waals surface area (Å²) in [5.74, 6) is 8.22. The van der Waals surface area contributed by atoms with Crippen molar-refractivity contribution in [2.75, 3.05) is 0 Å². The second-order valence-electron chi connectivity index (χ2n) is 12.8. The summed E-state index contributed by atoms with van der Waals surface area (Å²) in [7, 11) is 7.75. The first-order valence-corrected chi connectivity index (χ1v) is 25.0. The predicted octanol–water partition coefficient (Wildman–Crippen LogP) is 11.8. The van der Waals surface area contributed by atoms with E-state index >= 15 is 0 Å². The molecule has 4 aliphatic carbocycles. The summed E-state index contributed by atoms with van der Waals surface area (Å²) in [5, 5.41) is 8.22. The minimum atomic E-state index is -2.11. The van der Waals surface area contributed by atoms with Gasteiger partial charge in [0, 0.05) is 23.7 Å². The van der Waals surface area contributed by atoms with Crippen molar-refractivity contribution in [3.63, 3.8) is 0 Å². The SMILES string of the molecule is C[C]1[CH][C]2[C]([CH]1)C([Si](C)(C)C1=CC=C(c3cccc4ccccc34)[C]3[CH][C](C)[CH][C]31)=CC=C2c1cccc2ccccc12.[Cl][Zr+2][Cl]. The Bertz CT molecular complexity index is 1750. The van der Waals surface area contributed by atoms with E-state index in [1.54, 1.807) is 0 Å². The van der Waals surface area contributed by atoms with Crippen LogP contribution >= 0.6 is 17.0 Å². The van der Waals surface area contributed by atoms with E-state index in [0.29, 0.717) is 0 Å². The molecule has 0 unspecified atom stereocenters. The third-order valence-corrected chi connectivity index (χ3v) is 13.1. The first kappa shape index (κ1) is 32.6. The van der Waals surface area contributed by atoms with Crippen LogP contribution in [0.25, 0.3) is 32.7 Å². The molecular formula is C42H34Cl2SiZr+2.